The molecule has 52 heavy (non-hydrogen) atoms. The average Bonchev–Trinajstić information content (AvgIpc) is 3.53. The van der Waals surface area contributed by atoms with E-state index >= 15 is 0 Å². The molecular formula is C34H42F3N7O8. The minimum absolute atomic E-state index is 0.0561. The summed E-state index contributed by atoms with van der Waals surface area (Å²) in [6.07, 6.45) is -2.30. The number of aliphatic imine (C=N–C) groups is 1. The number of amides is 4. The van der Waals surface area contributed by atoms with Gasteiger partial charge < -0.3 is 42.5 Å². The van der Waals surface area contributed by atoms with Crippen LogP contribution in [0.25, 0.3) is 0 Å². The van der Waals surface area contributed by atoms with E-state index < -0.39 is 54.1 Å². The van der Waals surface area contributed by atoms with E-state index in [1.54, 1.807) is 24.3 Å². The van der Waals surface area contributed by atoms with Crippen molar-refractivity contribution in [3.05, 3.63) is 71.8 Å². The molecule has 18 heteroatoms. The van der Waals surface area contributed by atoms with Gasteiger partial charge in [-0.05, 0) is 49.7 Å². The molecule has 282 valence electrons. The van der Waals surface area contributed by atoms with Crippen molar-refractivity contribution in [3.63, 3.8) is 0 Å². The van der Waals surface area contributed by atoms with Gasteiger partial charge in [0.2, 0.25) is 23.6 Å². The third kappa shape index (κ3) is 12.6. The molecule has 2 heterocycles. The summed E-state index contributed by atoms with van der Waals surface area (Å²) in [7, 11) is 0. The summed E-state index contributed by atoms with van der Waals surface area (Å²) in [4.78, 5) is 79.6. The molecule has 5 atom stereocenters. The fourth-order valence-corrected chi connectivity index (χ4v) is 5.94. The van der Waals surface area contributed by atoms with Crippen LogP contribution in [0.15, 0.2) is 65.7 Å². The fraction of sp³-hybridized carbons (Fsp3) is 0.441. The molecule has 0 saturated carbocycles. The summed E-state index contributed by atoms with van der Waals surface area (Å²) in [6, 6.07) is 14.1. The Bertz CT molecular complexity index is 1590. The van der Waals surface area contributed by atoms with Gasteiger partial charge in [0.25, 0.3) is 0 Å². The molecule has 0 radical (unpaired) electrons. The van der Waals surface area contributed by atoms with E-state index in [1.165, 1.54) is 4.90 Å². The Morgan fingerprint density at radius 2 is 1.44 bits per heavy atom. The number of fused-ring (bicyclic) bond motifs is 1. The monoisotopic (exact) mass is 733 g/mol. The minimum Gasteiger partial charge on any atom is -0.480 e. The quantitative estimate of drug-likeness (QED) is 0.0820. The van der Waals surface area contributed by atoms with Crippen LogP contribution >= 0.6 is 0 Å². The van der Waals surface area contributed by atoms with Gasteiger partial charge in [-0.3, -0.25) is 24.2 Å². The van der Waals surface area contributed by atoms with Crippen LogP contribution < -0.4 is 27.4 Å². The molecule has 2 saturated heterocycles. The lowest BCUT2D eigenvalue weighted by atomic mass is 9.97. The number of piperidine rings is 1. The van der Waals surface area contributed by atoms with Crippen molar-refractivity contribution in [2.75, 3.05) is 6.54 Å². The van der Waals surface area contributed by atoms with E-state index in [4.69, 9.17) is 21.4 Å². The van der Waals surface area contributed by atoms with Crippen LogP contribution in [-0.2, 0) is 41.6 Å². The van der Waals surface area contributed by atoms with Gasteiger partial charge in [0.1, 0.15) is 24.2 Å². The van der Waals surface area contributed by atoms with Crippen LogP contribution in [0, 0.1) is 0 Å². The molecule has 1 unspecified atom stereocenters. The molecular weight excluding hydrogens is 691 g/mol. The van der Waals surface area contributed by atoms with E-state index in [-0.39, 0.29) is 49.6 Å². The minimum atomic E-state index is -5.08. The molecule has 9 N–H and O–H groups in total. The summed E-state index contributed by atoms with van der Waals surface area (Å²) >= 11 is 0. The summed E-state index contributed by atoms with van der Waals surface area (Å²) in [5, 5.41) is 25.1. The van der Waals surface area contributed by atoms with E-state index in [0.717, 1.165) is 11.1 Å². The molecule has 2 aromatic rings. The topological polar surface area (TPSA) is 247 Å². The first kappa shape index (κ1) is 40.7. The molecule has 2 fully saturated rings. The van der Waals surface area contributed by atoms with Gasteiger partial charge in [0, 0.05) is 19.0 Å². The van der Waals surface area contributed by atoms with Crippen LogP contribution in [0.2, 0.25) is 0 Å². The van der Waals surface area contributed by atoms with E-state index in [0.29, 0.717) is 32.1 Å². The number of alkyl halides is 3. The third-order valence-corrected chi connectivity index (χ3v) is 8.41. The van der Waals surface area contributed by atoms with E-state index in [1.807, 2.05) is 36.4 Å². The number of rotatable bonds is 14. The average molecular weight is 734 g/mol. The van der Waals surface area contributed by atoms with Crippen LogP contribution in [0.3, 0.4) is 0 Å². The van der Waals surface area contributed by atoms with Crippen molar-refractivity contribution in [3.8, 4) is 0 Å². The second-order valence-corrected chi connectivity index (χ2v) is 12.3. The van der Waals surface area contributed by atoms with Crippen molar-refractivity contribution in [2.24, 2.45) is 16.5 Å². The van der Waals surface area contributed by atoms with Crippen LogP contribution in [0.4, 0.5) is 13.2 Å². The highest BCUT2D eigenvalue weighted by Crippen LogP contribution is 2.33. The number of hydrogen-bond donors (Lipinski definition) is 7. The molecule has 15 nitrogen and oxygen atoms in total. The number of guanidine groups is 1. The number of carbonyl (C=O) groups is 6. The summed E-state index contributed by atoms with van der Waals surface area (Å²) in [5.41, 5.74) is 12.4. The molecule has 4 amide bonds. The summed E-state index contributed by atoms with van der Waals surface area (Å²) in [6.45, 7) is 0.203. The first-order chi connectivity index (χ1) is 24.6. The summed E-state index contributed by atoms with van der Waals surface area (Å²) < 4.78 is 31.7. The van der Waals surface area contributed by atoms with E-state index in [2.05, 4.69) is 20.9 Å². The van der Waals surface area contributed by atoms with Gasteiger partial charge in [-0.25, -0.2) is 9.59 Å². The Morgan fingerprint density at radius 1 is 0.865 bits per heavy atom. The fourth-order valence-electron chi connectivity index (χ4n) is 5.94. The summed E-state index contributed by atoms with van der Waals surface area (Å²) in [5.74, 6) is -5.86. The van der Waals surface area contributed by atoms with Crippen molar-refractivity contribution < 1.29 is 52.2 Å². The van der Waals surface area contributed by atoms with Crippen molar-refractivity contribution >= 4 is 41.5 Å². The van der Waals surface area contributed by atoms with Gasteiger partial charge in [-0.2, -0.15) is 13.2 Å². The number of aliphatic carboxylic acids is 2. The zero-order chi connectivity index (χ0) is 38.4. The largest absolute Gasteiger partial charge is 0.490 e. The predicted molar refractivity (Wildman–Crippen MR) is 180 cm³/mol. The van der Waals surface area contributed by atoms with Crippen molar-refractivity contribution in [1.82, 2.24) is 20.9 Å². The number of benzene rings is 2. The molecule has 4 rings (SSSR count). The second-order valence-electron chi connectivity index (χ2n) is 12.3. The van der Waals surface area contributed by atoms with Crippen LogP contribution in [0.5, 0.6) is 0 Å². The highest BCUT2D eigenvalue weighted by atomic mass is 19.4. The third-order valence-electron chi connectivity index (χ3n) is 8.41. The molecule has 0 bridgehead atoms. The maximum absolute atomic E-state index is 13.6. The van der Waals surface area contributed by atoms with Gasteiger partial charge in [0.05, 0.1) is 6.42 Å². The number of nitrogens with two attached hydrogens (primary N) is 2. The number of carboxylic acids is 2. The number of carboxylic acid groups (broad SMARTS) is 2. The Balaban J connectivity index is 0.000000944. The molecule has 0 aliphatic carbocycles. The molecule has 2 aromatic carbocycles. The first-order valence-electron chi connectivity index (χ1n) is 16.4. The Labute approximate surface area is 297 Å². The normalized spacial score (nSPS) is 19.1. The Kier molecular flexibility index (Phi) is 14.9. The zero-order valence-corrected chi connectivity index (χ0v) is 28.1. The lowest BCUT2D eigenvalue weighted by Gasteiger charge is -2.38. The predicted octanol–water partition coefficient (Wildman–Crippen LogP) is 0.851. The lowest BCUT2D eigenvalue weighted by molar-refractivity contribution is -0.192. The van der Waals surface area contributed by atoms with Gasteiger partial charge in [-0.1, -0.05) is 60.7 Å². The number of halogens is 3. The van der Waals surface area contributed by atoms with Crippen molar-refractivity contribution in [1.29, 1.82) is 0 Å². The Morgan fingerprint density at radius 3 is 2.00 bits per heavy atom. The second kappa shape index (κ2) is 19.1. The Hall–Kier alpha value is -5.68. The van der Waals surface area contributed by atoms with E-state index in [9.17, 15) is 42.3 Å². The van der Waals surface area contributed by atoms with Crippen LogP contribution in [-0.4, -0.2) is 99.6 Å². The number of nitrogens with one attached hydrogen (secondary N) is 3. The van der Waals surface area contributed by atoms with Crippen molar-refractivity contribution in [2.45, 2.75) is 87.8 Å². The molecule has 0 aromatic heterocycles. The molecule has 0 spiro atoms. The SMILES string of the molecule is NC(N)=NCCC[C@H](NC(=O)[C@@H]1CC[C@@H]2CCC(NC(=O)Cc3ccccc3)C(=O)N21)C(=O)N[C@H](Cc1ccccc1)C(=O)O.O=C(O)C(F)(F)F. The smallest absolute Gasteiger partial charge is 0.480 e. The van der Waals surface area contributed by atoms with Gasteiger partial charge in [-0.15, -0.1) is 0 Å². The van der Waals surface area contributed by atoms with Gasteiger partial charge in [0.15, 0.2) is 5.96 Å². The zero-order valence-electron chi connectivity index (χ0n) is 28.1. The molecule has 2 aliphatic rings. The maximum atomic E-state index is 13.6. The number of carbonyl (C=O) groups excluding carboxylic acids is 4. The highest BCUT2D eigenvalue weighted by Gasteiger charge is 2.47. The van der Waals surface area contributed by atoms with Crippen LogP contribution in [0.1, 0.15) is 49.7 Å². The lowest BCUT2D eigenvalue weighted by Crippen LogP contribution is -2.60. The number of hydrogen-bond acceptors (Lipinski definition) is 7. The first-order valence-corrected chi connectivity index (χ1v) is 16.4. The number of nitrogens with zero attached hydrogens (tertiary/aromatic N) is 2. The molecule has 2 aliphatic heterocycles. The maximum Gasteiger partial charge on any atom is 0.490 e. The standard InChI is InChI=1S/C32H41N7O6.C2HF3O2/c33-32(34)35-17-7-12-23(28(41)38-25(31(44)45)18-20-8-3-1-4-9-20)37-29(42)26-16-14-22-13-15-24(30(43)39(22)26)36-27(40)19-21-10-5-2-6-11-21;3-2(4,5)1(6)7/h1-6,8-11,22-26H,7,12-19H2,(H,36,40)(H,37,42)(H,38,41)(H,44,45)(H4,33,34,35);(H,6,7)/t22-,23-,24?,25+,26-;/m0./s1. The van der Waals surface area contributed by atoms with Gasteiger partial charge >= 0.3 is 18.1 Å². The highest BCUT2D eigenvalue weighted by molar-refractivity contribution is 5.96.